The van der Waals surface area contributed by atoms with Crippen LogP contribution in [0.3, 0.4) is 0 Å². The van der Waals surface area contributed by atoms with Gasteiger partial charge >= 0.3 is 17.9 Å². The maximum atomic E-state index is 12.7. The number of aromatic nitrogens is 2. The van der Waals surface area contributed by atoms with Crippen molar-refractivity contribution in [3.05, 3.63) is 76.6 Å². The van der Waals surface area contributed by atoms with E-state index in [1.54, 1.807) is 30.5 Å². The predicted molar refractivity (Wildman–Crippen MR) is 95.0 cm³/mol. The Bertz CT molecular complexity index is 1010. The Morgan fingerprint density at radius 2 is 1.76 bits per heavy atom. The van der Waals surface area contributed by atoms with Gasteiger partial charge in [0.05, 0.1) is 10.5 Å². The number of nitrogens with zero attached hydrogens (tertiary/aromatic N) is 3. The van der Waals surface area contributed by atoms with Gasteiger partial charge in [-0.1, -0.05) is 24.3 Å². The van der Waals surface area contributed by atoms with Crippen molar-refractivity contribution in [2.45, 2.75) is 18.4 Å². The van der Waals surface area contributed by atoms with E-state index in [1.807, 2.05) is 0 Å². The number of ether oxygens (including phenoxy) is 2. The highest BCUT2D eigenvalue weighted by Crippen LogP contribution is 2.32. The Balaban J connectivity index is 1.44. The van der Waals surface area contributed by atoms with Crippen molar-refractivity contribution in [1.82, 2.24) is 9.55 Å². The van der Waals surface area contributed by atoms with E-state index in [4.69, 9.17) is 9.47 Å². The highest BCUT2D eigenvalue weighted by molar-refractivity contribution is 5.64. The summed E-state index contributed by atoms with van der Waals surface area (Å²) in [5, 5.41) is 11.5. The minimum absolute atomic E-state index is 0.0288. The molecule has 7 nitrogen and oxygen atoms in total. The van der Waals surface area contributed by atoms with Gasteiger partial charge in [0.25, 0.3) is 0 Å². The molecule has 10 heteroatoms. The normalized spacial score (nSPS) is 18.2. The summed E-state index contributed by atoms with van der Waals surface area (Å²) in [6, 6.07) is 11.5. The van der Waals surface area contributed by atoms with Crippen LogP contribution in [0.4, 0.5) is 13.2 Å². The lowest BCUT2D eigenvalue weighted by Gasteiger charge is -2.19. The van der Waals surface area contributed by atoms with E-state index < -0.39 is 22.4 Å². The van der Waals surface area contributed by atoms with Gasteiger partial charge in [0.2, 0.25) is 0 Å². The first-order valence-electron chi connectivity index (χ1n) is 8.52. The molecule has 0 saturated carbocycles. The van der Waals surface area contributed by atoms with Crippen molar-refractivity contribution >= 4 is 0 Å². The highest BCUT2D eigenvalue weighted by Gasteiger charge is 2.53. The third-order valence-electron chi connectivity index (χ3n) is 4.57. The van der Waals surface area contributed by atoms with E-state index in [2.05, 4.69) is 4.98 Å². The summed E-state index contributed by atoms with van der Waals surface area (Å²) >= 11 is 0. The van der Waals surface area contributed by atoms with Gasteiger partial charge in [0, 0.05) is 12.4 Å². The molecule has 1 aromatic heterocycles. The van der Waals surface area contributed by atoms with Crippen LogP contribution in [0.2, 0.25) is 0 Å². The molecule has 0 saturated heterocycles. The molecule has 29 heavy (non-hydrogen) atoms. The van der Waals surface area contributed by atoms with E-state index in [-0.39, 0.29) is 19.2 Å². The van der Waals surface area contributed by atoms with Gasteiger partial charge < -0.3 is 9.47 Å². The molecule has 3 aromatic rings. The molecule has 150 valence electrons. The number of hydrogen-bond acceptors (Lipinski definition) is 5. The standard InChI is InChI=1S/C19H14F3N3O4/c20-19(21,22)15-5-1-13(2-6-15)14-3-7-16(8-4-14)28-12-18(25(26)27)11-24-10-9-23-17(24)29-18/h1-10H,11-12H2. The summed E-state index contributed by atoms with van der Waals surface area (Å²) in [4.78, 5) is 14.9. The maximum absolute atomic E-state index is 12.7. The van der Waals surface area contributed by atoms with E-state index in [1.165, 1.54) is 22.9 Å². The lowest BCUT2D eigenvalue weighted by Crippen LogP contribution is -2.49. The number of halogens is 3. The van der Waals surface area contributed by atoms with E-state index in [0.717, 1.165) is 12.1 Å². The predicted octanol–water partition coefficient (Wildman–Crippen LogP) is 4.01. The van der Waals surface area contributed by atoms with Crippen LogP contribution in [0.15, 0.2) is 60.9 Å². The molecule has 0 fully saturated rings. The summed E-state index contributed by atoms with van der Waals surface area (Å²) in [7, 11) is 0. The van der Waals surface area contributed by atoms with Crippen LogP contribution in [-0.2, 0) is 12.7 Å². The first kappa shape index (κ1) is 18.8. The Kier molecular flexibility index (Phi) is 4.40. The molecule has 2 heterocycles. The minimum atomic E-state index is -4.39. The zero-order valence-electron chi connectivity index (χ0n) is 14.8. The third kappa shape index (κ3) is 3.60. The van der Waals surface area contributed by atoms with E-state index in [9.17, 15) is 23.3 Å². The zero-order chi connectivity index (χ0) is 20.6. The SMILES string of the molecule is O=[N+]([O-])C1(COc2ccc(-c3ccc(C(F)(F)F)cc3)cc2)Cn2ccnc2O1. The van der Waals surface area contributed by atoms with Gasteiger partial charge in [-0.25, -0.2) is 4.98 Å². The number of nitro groups is 1. The largest absolute Gasteiger partial charge is 0.482 e. The summed E-state index contributed by atoms with van der Waals surface area (Å²) in [5.74, 6) is 0.370. The molecular formula is C19H14F3N3O4. The van der Waals surface area contributed by atoms with Gasteiger partial charge in [-0.3, -0.25) is 14.7 Å². The Morgan fingerprint density at radius 1 is 1.14 bits per heavy atom. The zero-order valence-corrected chi connectivity index (χ0v) is 14.8. The molecule has 4 rings (SSSR count). The second-order valence-corrected chi connectivity index (χ2v) is 6.53. The fraction of sp³-hybridized carbons (Fsp3) is 0.211. The van der Waals surface area contributed by atoms with Crippen molar-refractivity contribution < 1.29 is 27.6 Å². The number of benzene rings is 2. The van der Waals surface area contributed by atoms with Crippen LogP contribution in [0, 0.1) is 10.1 Å². The second-order valence-electron chi connectivity index (χ2n) is 6.53. The molecule has 0 amide bonds. The Labute approximate surface area is 162 Å². The first-order valence-corrected chi connectivity index (χ1v) is 8.52. The average Bonchev–Trinajstić information content (AvgIpc) is 3.26. The molecule has 0 bridgehead atoms. The number of rotatable bonds is 5. The van der Waals surface area contributed by atoms with Crippen molar-refractivity contribution in [1.29, 1.82) is 0 Å². The minimum Gasteiger partial charge on any atom is -0.482 e. The summed E-state index contributed by atoms with van der Waals surface area (Å²) < 4.78 is 50.5. The monoisotopic (exact) mass is 405 g/mol. The molecule has 1 aliphatic rings. The van der Waals surface area contributed by atoms with Crippen LogP contribution in [0.25, 0.3) is 11.1 Å². The van der Waals surface area contributed by atoms with Crippen LogP contribution in [0.5, 0.6) is 11.8 Å². The molecule has 1 atom stereocenters. The lowest BCUT2D eigenvalue weighted by molar-refractivity contribution is -0.615. The second kappa shape index (κ2) is 6.80. The molecule has 0 radical (unpaired) electrons. The molecule has 1 aliphatic heterocycles. The lowest BCUT2D eigenvalue weighted by atomic mass is 10.0. The fourth-order valence-corrected chi connectivity index (χ4v) is 3.00. The summed E-state index contributed by atoms with van der Waals surface area (Å²) in [6.45, 7) is -0.359. The Morgan fingerprint density at radius 3 is 2.31 bits per heavy atom. The van der Waals surface area contributed by atoms with Crippen LogP contribution < -0.4 is 9.47 Å². The molecule has 0 N–H and O–H groups in total. The maximum Gasteiger partial charge on any atom is 0.417 e. The molecule has 2 aromatic carbocycles. The van der Waals surface area contributed by atoms with Gasteiger partial charge in [-0.05, 0) is 35.4 Å². The number of fused-ring (bicyclic) bond motifs is 1. The number of alkyl halides is 3. The fourth-order valence-electron chi connectivity index (χ4n) is 3.00. The van der Waals surface area contributed by atoms with Crippen LogP contribution in [-0.4, -0.2) is 26.8 Å². The van der Waals surface area contributed by atoms with Crippen LogP contribution in [0.1, 0.15) is 5.56 Å². The van der Waals surface area contributed by atoms with Crippen molar-refractivity contribution in [2.75, 3.05) is 6.61 Å². The topological polar surface area (TPSA) is 79.4 Å². The van der Waals surface area contributed by atoms with Crippen molar-refractivity contribution in [3.63, 3.8) is 0 Å². The van der Waals surface area contributed by atoms with Gasteiger partial charge in [-0.15, -0.1) is 0 Å². The molecular weight excluding hydrogens is 391 g/mol. The quantitative estimate of drug-likeness (QED) is 0.473. The highest BCUT2D eigenvalue weighted by atomic mass is 19.4. The van der Waals surface area contributed by atoms with Gasteiger partial charge in [0.15, 0.2) is 6.61 Å². The summed E-state index contributed by atoms with van der Waals surface area (Å²) in [5.41, 5.74) is -1.19. The van der Waals surface area contributed by atoms with Gasteiger partial charge in [-0.2, -0.15) is 13.2 Å². The third-order valence-corrected chi connectivity index (χ3v) is 4.57. The summed E-state index contributed by atoms with van der Waals surface area (Å²) in [6.07, 6.45) is -1.32. The molecule has 0 spiro atoms. The first-order chi connectivity index (χ1) is 13.8. The average molecular weight is 405 g/mol. The van der Waals surface area contributed by atoms with E-state index in [0.29, 0.717) is 16.9 Å². The van der Waals surface area contributed by atoms with Gasteiger partial charge in [0.1, 0.15) is 12.3 Å². The molecule has 0 aliphatic carbocycles. The van der Waals surface area contributed by atoms with Crippen LogP contribution >= 0.6 is 0 Å². The molecule has 1 unspecified atom stereocenters. The number of imidazole rings is 1. The number of hydrogen-bond donors (Lipinski definition) is 0. The van der Waals surface area contributed by atoms with Crippen molar-refractivity contribution in [2.24, 2.45) is 0 Å². The Hall–Kier alpha value is -3.56. The van der Waals surface area contributed by atoms with Crippen molar-refractivity contribution in [3.8, 4) is 22.9 Å². The smallest absolute Gasteiger partial charge is 0.417 e. The van der Waals surface area contributed by atoms with E-state index >= 15 is 0 Å².